The topological polar surface area (TPSA) is 110 Å². The minimum atomic E-state index is -1.08. The molecule has 42 heavy (non-hydrogen) atoms. The molecule has 0 atom stereocenters. The van der Waals surface area contributed by atoms with Crippen LogP contribution in [0.5, 0.6) is 5.75 Å². The van der Waals surface area contributed by atoms with Crippen LogP contribution in [0, 0.1) is 6.92 Å². The van der Waals surface area contributed by atoms with Crippen LogP contribution in [0.1, 0.15) is 54.4 Å². The number of hydrogen-bond donors (Lipinski definition) is 3. The van der Waals surface area contributed by atoms with Crippen LogP contribution in [0.25, 0.3) is 22.4 Å². The number of fused-ring (bicyclic) bond motifs is 1. The molecule has 0 fully saturated rings. The number of benzene rings is 3. The Morgan fingerprint density at radius 1 is 1.00 bits per heavy atom. The van der Waals surface area contributed by atoms with Gasteiger partial charge in [0.05, 0.1) is 5.69 Å². The summed E-state index contributed by atoms with van der Waals surface area (Å²) in [5.41, 5.74) is 6.82. The summed E-state index contributed by atoms with van der Waals surface area (Å²) in [5, 5.41) is 16.3. The fourth-order valence-electron chi connectivity index (χ4n) is 5.03. The molecule has 8 heteroatoms. The van der Waals surface area contributed by atoms with Gasteiger partial charge in [0, 0.05) is 35.1 Å². The molecule has 4 aromatic rings. The second kappa shape index (κ2) is 11.9. The van der Waals surface area contributed by atoms with Gasteiger partial charge in [-0.15, -0.1) is 0 Å². The number of anilines is 2. The molecule has 0 aliphatic carbocycles. The van der Waals surface area contributed by atoms with Crippen LogP contribution in [0.3, 0.4) is 0 Å². The van der Waals surface area contributed by atoms with E-state index < -0.39 is 17.7 Å². The highest BCUT2D eigenvalue weighted by Gasteiger charge is 2.20. The maximum Gasteiger partial charge on any atom is 0.412 e. The van der Waals surface area contributed by atoms with Crippen molar-refractivity contribution < 1.29 is 24.2 Å². The molecule has 3 aromatic carbocycles. The monoisotopic (exact) mass is 565 g/mol. The van der Waals surface area contributed by atoms with Gasteiger partial charge in [0.1, 0.15) is 18.0 Å². The Bertz CT molecular complexity index is 1640. The lowest BCUT2D eigenvalue weighted by Crippen LogP contribution is -2.27. The number of ether oxygens (including phenoxy) is 2. The van der Waals surface area contributed by atoms with Crippen LogP contribution in [0.15, 0.2) is 72.8 Å². The third-order valence-electron chi connectivity index (χ3n) is 6.86. The standard InChI is InChI=1S/C34H35N3O5/c1-21-16-29(24-14-13-23-10-7-15-35-28(23)18-24)37-31(32(38)39)30(21)25-9-5-8-22(17-25)20-41-27-12-6-11-26(19-27)36-33(40)42-34(2,3)4/h5-6,8-9,11-14,16-19,35H,7,10,15,20H2,1-4H3,(H,36,40)(H,38,39). The predicted molar refractivity (Wildman–Crippen MR) is 164 cm³/mol. The van der Waals surface area contributed by atoms with Gasteiger partial charge in [-0.2, -0.15) is 0 Å². The van der Waals surface area contributed by atoms with E-state index in [1.165, 1.54) is 5.56 Å². The van der Waals surface area contributed by atoms with E-state index in [2.05, 4.69) is 27.8 Å². The highest BCUT2D eigenvalue weighted by Crippen LogP contribution is 2.33. The first kappa shape index (κ1) is 28.7. The first-order valence-corrected chi connectivity index (χ1v) is 14.0. The lowest BCUT2D eigenvalue weighted by Gasteiger charge is -2.19. The van der Waals surface area contributed by atoms with Gasteiger partial charge in [-0.3, -0.25) is 5.32 Å². The average Bonchev–Trinajstić information content (AvgIpc) is 2.94. The molecule has 1 aliphatic rings. The fraction of sp³-hybridized carbons (Fsp3) is 0.265. The fourth-order valence-corrected chi connectivity index (χ4v) is 5.03. The molecule has 1 aromatic heterocycles. The van der Waals surface area contributed by atoms with Crippen LogP contribution in [-0.2, 0) is 17.8 Å². The van der Waals surface area contributed by atoms with Gasteiger partial charge >= 0.3 is 12.1 Å². The van der Waals surface area contributed by atoms with Gasteiger partial charge in [-0.05, 0) is 93.1 Å². The van der Waals surface area contributed by atoms with Crippen molar-refractivity contribution in [1.29, 1.82) is 0 Å². The third-order valence-corrected chi connectivity index (χ3v) is 6.86. The van der Waals surface area contributed by atoms with E-state index in [0.29, 0.717) is 22.7 Å². The number of rotatable bonds is 7. The van der Waals surface area contributed by atoms with Crippen molar-refractivity contribution in [2.45, 2.75) is 52.7 Å². The van der Waals surface area contributed by atoms with E-state index in [9.17, 15) is 14.7 Å². The maximum atomic E-state index is 12.4. The number of aromatic carboxylic acids is 1. The molecule has 216 valence electrons. The van der Waals surface area contributed by atoms with E-state index in [-0.39, 0.29) is 12.3 Å². The van der Waals surface area contributed by atoms with E-state index in [4.69, 9.17) is 9.47 Å². The minimum Gasteiger partial charge on any atom is -0.489 e. The Morgan fingerprint density at radius 2 is 1.81 bits per heavy atom. The first-order valence-electron chi connectivity index (χ1n) is 14.0. The quantitative estimate of drug-likeness (QED) is 0.211. The minimum absolute atomic E-state index is 0.00895. The van der Waals surface area contributed by atoms with Crippen molar-refractivity contribution in [3.05, 3.63) is 95.2 Å². The molecule has 0 radical (unpaired) electrons. The van der Waals surface area contributed by atoms with Gasteiger partial charge in [-0.1, -0.05) is 36.4 Å². The molecule has 0 bridgehead atoms. The SMILES string of the molecule is Cc1cc(-c2ccc3c(c2)NCCC3)nc(C(=O)O)c1-c1cccc(COc2cccc(NC(=O)OC(C)(C)C)c2)c1. The van der Waals surface area contributed by atoms with Crippen molar-refractivity contribution in [3.8, 4) is 28.1 Å². The number of carboxylic acids is 1. The van der Waals surface area contributed by atoms with Crippen molar-refractivity contribution in [1.82, 2.24) is 4.98 Å². The molecule has 3 N–H and O–H groups in total. The Hall–Kier alpha value is -4.85. The molecule has 0 saturated heterocycles. The number of pyridine rings is 1. The van der Waals surface area contributed by atoms with Gasteiger partial charge in [0.15, 0.2) is 5.69 Å². The Morgan fingerprint density at radius 3 is 2.60 bits per heavy atom. The van der Waals surface area contributed by atoms with Crippen LogP contribution in [0.2, 0.25) is 0 Å². The zero-order valence-corrected chi connectivity index (χ0v) is 24.3. The number of aromatic nitrogens is 1. The number of carboxylic acid groups (broad SMARTS) is 1. The van der Waals surface area contributed by atoms with Crippen molar-refractivity contribution in [3.63, 3.8) is 0 Å². The van der Waals surface area contributed by atoms with Crippen LogP contribution >= 0.6 is 0 Å². The van der Waals surface area contributed by atoms with E-state index in [0.717, 1.165) is 47.3 Å². The lowest BCUT2D eigenvalue weighted by molar-refractivity contribution is 0.0634. The maximum absolute atomic E-state index is 12.4. The van der Waals surface area contributed by atoms with Gasteiger partial charge in [0.2, 0.25) is 0 Å². The molecule has 0 saturated carbocycles. The van der Waals surface area contributed by atoms with E-state index in [1.54, 1.807) is 45.0 Å². The number of carbonyl (C=O) groups is 2. The van der Waals surface area contributed by atoms with E-state index in [1.807, 2.05) is 43.3 Å². The largest absolute Gasteiger partial charge is 0.489 e. The Balaban J connectivity index is 1.36. The number of hydrogen-bond acceptors (Lipinski definition) is 6. The molecule has 1 aliphatic heterocycles. The number of amides is 1. The predicted octanol–water partition coefficient (Wildman–Crippen LogP) is 7.71. The Labute approximate surface area is 245 Å². The normalized spacial score (nSPS) is 12.6. The summed E-state index contributed by atoms with van der Waals surface area (Å²) in [6.07, 6.45) is 1.59. The summed E-state index contributed by atoms with van der Waals surface area (Å²) in [7, 11) is 0. The van der Waals surface area contributed by atoms with Crippen molar-refractivity contribution in [2.75, 3.05) is 17.2 Å². The molecule has 0 spiro atoms. The smallest absolute Gasteiger partial charge is 0.412 e. The van der Waals surface area contributed by atoms with Gasteiger partial charge in [-0.25, -0.2) is 14.6 Å². The molecular weight excluding hydrogens is 530 g/mol. The number of carbonyl (C=O) groups excluding carboxylic acids is 1. The molecule has 2 heterocycles. The zero-order valence-electron chi connectivity index (χ0n) is 24.3. The summed E-state index contributed by atoms with van der Waals surface area (Å²) in [5.74, 6) is -0.510. The summed E-state index contributed by atoms with van der Waals surface area (Å²) in [6.45, 7) is 8.50. The molecule has 8 nitrogen and oxygen atoms in total. The van der Waals surface area contributed by atoms with Crippen LogP contribution in [0.4, 0.5) is 16.2 Å². The second-order valence-corrected chi connectivity index (χ2v) is 11.4. The van der Waals surface area contributed by atoms with Gasteiger partial charge in [0.25, 0.3) is 0 Å². The molecular formula is C34H35N3O5. The average molecular weight is 566 g/mol. The Kier molecular flexibility index (Phi) is 8.15. The molecule has 0 unspecified atom stereocenters. The number of nitrogens with one attached hydrogen (secondary N) is 2. The van der Waals surface area contributed by atoms with Crippen LogP contribution < -0.4 is 15.4 Å². The number of aryl methyl sites for hydroxylation is 2. The summed E-state index contributed by atoms with van der Waals surface area (Å²) in [4.78, 5) is 29.1. The highest BCUT2D eigenvalue weighted by atomic mass is 16.6. The molecule has 1 amide bonds. The summed E-state index contributed by atoms with van der Waals surface area (Å²) < 4.78 is 11.3. The zero-order chi connectivity index (χ0) is 29.9. The lowest BCUT2D eigenvalue weighted by atomic mass is 9.94. The van der Waals surface area contributed by atoms with Crippen molar-refractivity contribution in [2.24, 2.45) is 0 Å². The first-order chi connectivity index (χ1) is 20.1. The van der Waals surface area contributed by atoms with E-state index >= 15 is 0 Å². The highest BCUT2D eigenvalue weighted by molar-refractivity contribution is 5.96. The molecule has 5 rings (SSSR count). The van der Waals surface area contributed by atoms with Crippen molar-refractivity contribution >= 4 is 23.4 Å². The second-order valence-electron chi connectivity index (χ2n) is 11.4. The third kappa shape index (κ3) is 6.89. The van der Waals surface area contributed by atoms with Gasteiger partial charge < -0.3 is 19.9 Å². The summed E-state index contributed by atoms with van der Waals surface area (Å²) >= 11 is 0. The number of nitrogens with zero attached hydrogens (tertiary/aromatic N) is 1. The van der Waals surface area contributed by atoms with Crippen LogP contribution in [-0.4, -0.2) is 34.3 Å². The summed E-state index contributed by atoms with van der Waals surface area (Å²) in [6, 6.07) is 22.8.